The van der Waals surface area contributed by atoms with E-state index >= 15 is 0 Å². The fourth-order valence-electron chi connectivity index (χ4n) is 1.38. The van der Waals surface area contributed by atoms with Crippen molar-refractivity contribution in [3.05, 3.63) is 35.4 Å². The molecule has 0 heterocycles. The number of aliphatic hydroxyl groups excluding tert-OH is 1. The van der Waals surface area contributed by atoms with Crippen LogP contribution in [0.15, 0.2) is 24.3 Å². The Bertz CT molecular complexity index is 398. The summed E-state index contributed by atoms with van der Waals surface area (Å²) in [4.78, 5) is 0. The molecule has 2 heteroatoms. The van der Waals surface area contributed by atoms with Gasteiger partial charge in [0.1, 0.15) is 0 Å². The first-order valence-electron chi connectivity index (χ1n) is 4.89. The highest BCUT2D eigenvalue weighted by atomic mass is 16.3. The number of terminal acetylenes is 1. The Morgan fingerprint density at radius 1 is 1.47 bits per heavy atom. The van der Waals surface area contributed by atoms with E-state index in [0.717, 1.165) is 12.0 Å². The van der Waals surface area contributed by atoms with Crippen LogP contribution in [0, 0.1) is 23.7 Å². The Labute approximate surface area is 90.2 Å². The number of benzene rings is 1. The molecule has 0 aliphatic heterocycles. The van der Waals surface area contributed by atoms with Crippen molar-refractivity contribution in [1.82, 2.24) is 0 Å². The molecule has 1 N–H and O–H groups in total. The van der Waals surface area contributed by atoms with Crippen LogP contribution in [0.5, 0.6) is 0 Å². The summed E-state index contributed by atoms with van der Waals surface area (Å²) in [6.45, 7) is 0. The minimum absolute atomic E-state index is 0.522. The highest BCUT2D eigenvalue weighted by molar-refractivity contribution is 5.33. The Morgan fingerprint density at radius 2 is 2.27 bits per heavy atom. The lowest BCUT2D eigenvalue weighted by Gasteiger charge is -2.09. The molecule has 0 radical (unpaired) electrons. The molecule has 2 nitrogen and oxygen atoms in total. The maximum Gasteiger partial charge on any atom is 0.0991 e. The van der Waals surface area contributed by atoms with Gasteiger partial charge < -0.3 is 5.11 Å². The Hall–Kier alpha value is -1.77. The Balaban J connectivity index is 2.62. The van der Waals surface area contributed by atoms with E-state index in [1.807, 2.05) is 12.1 Å². The molecule has 15 heavy (non-hydrogen) atoms. The molecule has 1 atom stereocenters. The maximum absolute atomic E-state index is 9.79. The first-order chi connectivity index (χ1) is 7.27. The number of unbranched alkanes of at least 4 members (excludes halogenated alkanes) is 1. The maximum atomic E-state index is 9.79. The van der Waals surface area contributed by atoms with Crippen molar-refractivity contribution in [3.63, 3.8) is 0 Å². The molecule has 1 aromatic rings. The van der Waals surface area contributed by atoms with E-state index in [9.17, 15) is 5.11 Å². The number of hydrogen-bond donors (Lipinski definition) is 1. The van der Waals surface area contributed by atoms with Gasteiger partial charge >= 0.3 is 0 Å². The fourth-order valence-corrected chi connectivity index (χ4v) is 1.38. The van der Waals surface area contributed by atoms with Crippen LogP contribution in [0.25, 0.3) is 0 Å². The molecule has 0 spiro atoms. The fraction of sp³-hybridized carbons (Fsp3) is 0.308. The zero-order valence-corrected chi connectivity index (χ0v) is 8.48. The van der Waals surface area contributed by atoms with E-state index in [2.05, 4.69) is 5.92 Å². The number of nitriles is 1. The van der Waals surface area contributed by atoms with Crippen LogP contribution in [0.1, 0.15) is 36.5 Å². The van der Waals surface area contributed by atoms with Gasteiger partial charge in [0.15, 0.2) is 0 Å². The van der Waals surface area contributed by atoms with Crippen LogP contribution in [0.2, 0.25) is 0 Å². The molecular formula is C13H13NO. The molecule has 1 aromatic carbocycles. The summed E-state index contributed by atoms with van der Waals surface area (Å²) >= 11 is 0. The van der Waals surface area contributed by atoms with Gasteiger partial charge in [-0.3, -0.25) is 0 Å². The van der Waals surface area contributed by atoms with Crippen molar-refractivity contribution in [2.24, 2.45) is 0 Å². The van der Waals surface area contributed by atoms with Crippen molar-refractivity contribution >= 4 is 0 Å². The summed E-state index contributed by atoms with van der Waals surface area (Å²) in [5.74, 6) is 2.53. The summed E-state index contributed by atoms with van der Waals surface area (Å²) in [7, 11) is 0. The third kappa shape index (κ3) is 3.46. The van der Waals surface area contributed by atoms with E-state index in [4.69, 9.17) is 11.7 Å². The molecule has 0 fully saturated rings. The van der Waals surface area contributed by atoms with Crippen molar-refractivity contribution < 1.29 is 5.11 Å². The first-order valence-corrected chi connectivity index (χ1v) is 4.89. The predicted molar refractivity (Wildman–Crippen MR) is 58.8 cm³/mol. The lowest BCUT2D eigenvalue weighted by Crippen LogP contribution is -1.97. The van der Waals surface area contributed by atoms with Gasteiger partial charge in [0.25, 0.3) is 0 Å². The smallest absolute Gasteiger partial charge is 0.0991 e. The van der Waals surface area contributed by atoms with E-state index in [1.165, 1.54) is 0 Å². The lowest BCUT2D eigenvalue weighted by atomic mass is 10.0. The quantitative estimate of drug-likeness (QED) is 0.597. The van der Waals surface area contributed by atoms with Crippen LogP contribution in [0.4, 0.5) is 0 Å². The zero-order chi connectivity index (χ0) is 11.1. The summed E-state index contributed by atoms with van der Waals surface area (Å²) < 4.78 is 0. The third-order valence-corrected chi connectivity index (χ3v) is 2.20. The van der Waals surface area contributed by atoms with Crippen LogP contribution < -0.4 is 0 Å². The van der Waals surface area contributed by atoms with Crippen LogP contribution in [-0.2, 0) is 0 Å². The number of nitrogens with zero attached hydrogens (tertiary/aromatic N) is 1. The average Bonchev–Trinajstić information content (AvgIpc) is 2.29. The Morgan fingerprint density at radius 3 is 2.93 bits per heavy atom. The molecule has 0 aliphatic rings. The molecule has 0 amide bonds. The normalized spacial score (nSPS) is 11.4. The standard InChI is InChI=1S/C13H13NO/c1-2-3-4-8-13(15)12-7-5-6-11(9-12)10-14/h1,5-7,9,13,15H,3-4,8H2. The number of hydrogen-bond acceptors (Lipinski definition) is 2. The van der Waals surface area contributed by atoms with Gasteiger partial charge in [0, 0.05) is 6.42 Å². The van der Waals surface area contributed by atoms with Crippen molar-refractivity contribution in [3.8, 4) is 18.4 Å². The molecule has 0 bridgehead atoms. The topological polar surface area (TPSA) is 44.0 Å². The van der Waals surface area contributed by atoms with Crippen molar-refractivity contribution in [2.75, 3.05) is 0 Å². The molecule has 1 unspecified atom stereocenters. The van der Waals surface area contributed by atoms with E-state index < -0.39 is 6.10 Å². The highest BCUT2D eigenvalue weighted by Gasteiger charge is 2.06. The molecule has 0 aliphatic carbocycles. The first kappa shape index (κ1) is 11.3. The van der Waals surface area contributed by atoms with E-state index in [1.54, 1.807) is 18.2 Å². The monoisotopic (exact) mass is 199 g/mol. The lowest BCUT2D eigenvalue weighted by molar-refractivity contribution is 0.165. The minimum atomic E-state index is -0.522. The van der Waals surface area contributed by atoms with Crippen molar-refractivity contribution in [2.45, 2.75) is 25.4 Å². The van der Waals surface area contributed by atoms with Gasteiger partial charge in [-0.15, -0.1) is 12.3 Å². The predicted octanol–water partition coefficient (Wildman–Crippen LogP) is 2.40. The van der Waals surface area contributed by atoms with Gasteiger partial charge in [0.2, 0.25) is 0 Å². The summed E-state index contributed by atoms with van der Waals surface area (Å²) in [5.41, 5.74) is 1.36. The summed E-state index contributed by atoms with van der Waals surface area (Å²) in [6, 6.07) is 9.07. The highest BCUT2D eigenvalue weighted by Crippen LogP contribution is 2.19. The number of aliphatic hydroxyl groups is 1. The van der Waals surface area contributed by atoms with Gasteiger partial charge in [0.05, 0.1) is 17.7 Å². The SMILES string of the molecule is C#CCCCC(O)c1cccc(C#N)c1. The second-order valence-corrected chi connectivity index (χ2v) is 3.35. The minimum Gasteiger partial charge on any atom is -0.388 e. The van der Waals surface area contributed by atoms with Crippen LogP contribution in [-0.4, -0.2) is 5.11 Å². The number of rotatable bonds is 4. The van der Waals surface area contributed by atoms with E-state index in [0.29, 0.717) is 18.4 Å². The summed E-state index contributed by atoms with van der Waals surface area (Å²) in [5, 5.41) is 18.5. The van der Waals surface area contributed by atoms with E-state index in [-0.39, 0.29) is 0 Å². The second kappa shape index (κ2) is 5.86. The van der Waals surface area contributed by atoms with Gasteiger partial charge in [-0.25, -0.2) is 0 Å². The Kier molecular flexibility index (Phi) is 4.41. The largest absolute Gasteiger partial charge is 0.388 e. The van der Waals surface area contributed by atoms with Crippen LogP contribution in [0.3, 0.4) is 0 Å². The molecule has 76 valence electrons. The molecule has 0 saturated carbocycles. The second-order valence-electron chi connectivity index (χ2n) is 3.35. The average molecular weight is 199 g/mol. The third-order valence-electron chi connectivity index (χ3n) is 2.20. The van der Waals surface area contributed by atoms with Gasteiger partial charge in [-0.05, 0) is 30.5 Å². The molecule has 0 saturated heterocycles. The molecule has 0 aromatic heterocycles. The van der Waals surface area contributed by atoms with Crippen LogP contribution >= 0.6 is 0 Å². The molecule has 1 rings (SSSR count). The van der Waals surface area contributed by atoms with Crippen molar-refractivity contribution in [1.29, 1.82) is 5.26 Å². The van der Waals surface area contributed by atoms with Gasteiger partial charge in [-0.1, -0.05) is 12.1 Å². The molecular weight excluding hydrogens is 186 g/mol. The van der Waals surface area contributed by atoms with Gasteiger partial charge in [-0.2, -0.15) is 5.26 Å². The summed E-state index contributed by atoms with van der Waals surface area (Å²) in [6.07, 6.45) is 6.72. The zero-order valence-electron chi connectivity index (χ0n) is 8.48.